The first-order valence-electron chi connectivity index (χ1n) is 8.18. The number of piperidine rings is 1. The van der Waals surface area contributed by atoms with E-state index in [1.165, 1.54) is 17.4 Å². The molecule has 24 heavy (non-hydrogen) atoms. The molecule has 0 radical (unpaired) electrons. The number of halogens is 1. The lowest BCUT2D eigenvalue weighted by atomic mass is 9.95. The van der Waals surface area contributed by atoms with E-state index in [4.69, 9.17) is 0 Å². The van der Waals surface area contributed by atoms with Crippen LogP contribution in [0, 0.1) is 11.7 Å². The van der Waals surface area contributed by atoms with Crippen LogP contribution in [0.4, 0.5) is 15.2 Å². The molecule has 0 unspecified atom stereocenters. The van der Waals surface area contributed by atoms with Crippen molar-refractivity contribution in [2.24, 2.45) is 5.92 Å². The van der Waals surface area contributed by atoms with Crippen LogP contribution in [-0.4, -0.2) is 29.2 Å². The van der Waals surface area contributed by atoms with Gasteiger partial charge in [0.25, 0.3) is 0 Å². The van der Waals surface area contributed by atoms with Gasteiger partial charge < -0.3 is 10.2 Å². The number of rotatable bonds is 4. The molecule has 0 saturated carbocycles. The Labute approximate surface area is 144 Å². The molecule has 0 atom stereocenters. The molecular weight excluding hydrogens is 327 g/mol. The van der Waals surface area contributed by atoms with Crippen molar-refractivity contribution >= 4 is 28.1 Å². The third-order valence-corrected chi connectivity index (χ3v) is 5.36. The Morgan fingerprint density at radius 3 is 2.62 bits per heavy atom. The van der Waals surface area contributed by atoms with Crippen LogP contribution in [0.25, 0.3) is 0 Å². The predicted octanol–water partition coefficient (Wildman–Crippen LogP) is 3.66. The second-order valence-electron chi connectivity index (χ2n) is 6.30. The molecule has 1 aromatic carbocycles. The maximum absolute atomic E-state index is 13.9. The standard InChI is InChI=1S/C17H21FN4OS/c1-11(2)16-20-21-17(24-16)19-15(23)12-7-9-22(10-8-12)14-6-4-3-5-13(14)18/h3-6,11-12H,7-10H2,1-2H3,(H,19,21,23). The van der Waals surface area contributed by atoms with Crippen molar-refractivity contribution in [2.75, 3.05) is 23.3 Å². The highest BCUT2D eigenvalue weighted by Crippen LogP contribution is 2.27. The van der Waals surface area contributed by atoms with E-state index in [0.29, 0.717) is 42.7 Å². The van der Waals surface area contributed by atoms with Gasteiger partial charge >= 0.3 is 0 Å². The molecule has 1 saturated heterocycles. The van der Waals surface area contributed by atoms with Gasteiger partial charge in [0.15, 0.2) is 0 Å². The van der Waals surface area contributed by atoms with Crippen LogP contribution in [-0.2, 0) is 4.79 Å². The van der Waals surface area contributed by atoms with Crippen LogP contribution in [0.2, 0.25) is 0 Å². The SMILES string of the molecule is CC(C)c1nnc(NC(=O)C2CCN(c3ccccc3F)CC2)s1. The quantitative estimate of drug-likeness (QED) is 0.916. The van der Waals surface area contributed by atoms with Gasteiger partial charge in [-0.05, 0) is 25.0 Å². The third kappa shape index (κ3) is 3.72. The number of nitrogens with one attached hydrogen (secondary N) is 1. The Kier molecular flexibility index (Phi) is 5.08. The topological polar surface area (TPSA) is 58.1 Å². The summed E-state index contributed by atoms with van der Waals surface area (Å²) in [5.74, 6) is 0.00157. The van der Waals surface area contributed by atoms with Crippen molar-refractivity contribution in [1.82, 2.24) is 10.2 Å². The molecule has 1 fully saturated rings. The number of hydrogen-bond donors (Lipinski definition) is 1. The molecule has 1 aliphatic heterocycles. The summed E-state index contributed by atoms with van der Waals surface area (Å²) in [7, 11) is 0. The van der Waals surface area contributed by atoms with E-state index in [2.05, 4.69) is 15.5 Å². The van der Waals surface area contributed by atoms with E-state index in [-0.39, 0.29) is 17.6 Å². The number of aromatic nitrogens is 2. The number of hydrogen-bond acceptors (Lipinski definition) is 5. The normalized spacial score (nSPS) is 15.8. The molecule has 5 nitrogen and oxygen atoms in total. The van der Waals surface area contributed by atoms with Crippen molar-refractivity contribution in [3.8, 4) is 0 Å². The monoisotopic (exact) mass is 348 g/mol. The third-order valence-electron chi connectivity index (χ3n) is 4.22. The van der Waals surface area contributed by atoms with Gasteiger partial charge in [-0.2, -0.15) is 0 Å². The van der Waals surface area contributed by atoms with Crippen LogP contribution >= 0.6 is 11.3 Å². The van der Waals surface area contributed by atoms with Gasteiger partial charge in [-0.3, -0.25) is 4.79 Å². The molecule has 1 aliphatic rings. The summed E-state index contributed by atoms with van der Waals surface area (Å²) in [4.78, 5) is 14.4. The number of benzene rings is 1. The minimum Gasteiger partial charge on any atom is -0.369 e. The molecule has 0 spiro atoms. The minimum absolute atomic E-state index is 0.0189. The van der Waals surface area contributed by atoms with E-state index in [1.807, 2.05) is 24.8 Å². The van der Waals surface area contributed by atoms with E-state index in [9.17, 15) is 9.18 Å². The molecular formula is C17H21FN4OS. The van der Waals surface area contributed by atoms with Crippen molar-refractivity contribution in [3.05, 3.63) is 35.1 Å². The van der Waals surface area contributed by atoms with Gasteiger partial charge in [-0.1, -0.05) is 37.3 Å². The molecule has 7 heteroatoms. The summed E-state index contributed by atoms with van der Waals surface area (Å²) in [6.07, 6.45) is 1.41. The Morgan fingerprint density at radius 1 is 1.29 bits per heavy atom. The first kappa shape index (κ1) is 16.8. The largest absolute Gasteiger partial charge is 0.369 e. The summed E-state index contributed by atoms with van der Waals surface area (Å²) in [5, 5.41) is 12.4. The summed E-state index contributed by atoms with van der Waals surface area (Å²) in [6.45, 7) is 5.44. The predicted molar refractivity (Wildman–Crippen MR) is 94.0 cm³/mol. The fourth-order valence-corrected chi connectivity index (χ4v) is 3.57. The molecule has 2 heterocycles. The number of carbonyl (C=O) groups excluding carboxylic acids is 1. The summed E-state index contributed by atoms with van der Waals surface area (Å²) >= 11 is 1.42. The maximum atomic E-state index is 13.9. The average Bonchev–Trinajstić information content (AvgIpc) is 3.04. The lowest BCUT2D eigenvalue weighted by molar-refractivity contribution is -0.120. The first-order chi connectivity index (χ1) is 11.5. The van der Waals surface area contributed by atoms with Gasteiger partial charge in [0.2, 0.25) is 11.0 Å². The number of nitrogens with zero attached hydrogens (tertiary/aromatic N) is 3. The fourth-order valence-electron chi connectivity index (χ4n) is 2.82. The number of anilines is 2. The second kappa shape index (κ2) is 7.25. The van der Waals surface area contributed by atoms with Gasteiger partial charge in [0.1, 0.15) is 10.8 Å². The molecule has 128 valence electrons. The molecule has 2 aromatic rings. The molecule has 1 aromatic heterocycles. The average molecular weight is 348 g/mol. The highest BCUT2D eigenvalue weighted by atomic mass is 32.1. The zero-order chi connectivity index (χ0) is 17.1. The lowest BCUT2D eigenvalue weighted by Gasteiger charge is -2.33. The van der Waals surface area contributed by atoms with Crippen LogP contribution in [0.3, 0.4) is 0 Å². The van der Waals surface area contributed by atoms with Crippen LogP contribution in [0.5, 0.6) is 0 Å². The van der Waals surface area contributed by atoms with E-state index in [1.54, 1.807) is 12.1 Å². The van der Waals surface area contributed by atoms with Gasteiger partial charge in [-0.25, -0.2) is 4.39 Å². The minimum atomic E-state index is -0.213. The van der Waals surface area contributed by atoms with Crippen LogP contribution < -0.4 is 10.2 Å². The Hall–Kier alpha value is -2.02. The van der Waals surface area contributed by atoms with Crippen molar-refractivity contribution in [2.45, 2.75) is 32.6 Å². The molecule has 1 amide bonds. The van der Waals surface area contributed by atoms with Gasteiger partial charge in [0, 0.05) is 24.9 Å². The van der Waals surface area contributed by atoms with Crippen molar-refractivity contribution < 1.29 is 9.18 Å². The summed E-state index contributed by atoms with van der Waals surface area (Å²) < 4.78 is 13.9. The number of carbonyl (C=O) groups is 1. The lowest BCUT2D eigenvalue weighted by Crippen LogP contribution is -2.38. The van der Waals surface area contributed by atoms with Crippen molar-refractivity contribution in [1.29, 1.82) is 0 Å². The maximum Gasteiger partial charge on any atom is 0.229 e. The van der Waals surface area contributed by atoms with Crippen molar-refractivity contribution in [3.63, 3.8) is 0 Å². The van der Waals surface area contributed by atoms with Gasteiger partial charge in [0.05, 0.1) is 5.69 Å². The highest BCUT2D eigenvalue weighted by molar-refractivity contribution is 7.15. The van der Waals surface area contributed by atoms with E-state index in [0.717, 1.165) is 5.01 Å². The smallest absolute Gasteiger partial charge is 0.229 e. The Morgan fingerprint density at radius 2 is 2.00 bits per heavy atom. The first-order valence-corrected chi connectivity index (χ1v) is 9.00. The molecule has 1 N–H and O–H groups in total. The Bertz CT molecular complexity index is 710. The van der Waals surface area contributed by atoms with E-state index >= 15 is 0 Å². The summed E-state index contributed by atoms with van der Waals surface area (Å²) in [6, 6.07) is 6.77. The van der Waals surface area contributed by atoms with Gasteiger partial charge in [-0.15, -0.1) is 10.2 Å². The second-order valence-corrected chi connectivity index (χ2v) is 7.31. The number of amides is 1. The van der Waals surface area contributed by atoms with Crippen LogP contribution in [0.15, 0.2) is 24.3 Å². The molecule has 0 bridgehead atoms. The fraction of sp³-hybridized carbons (Fsp3) is 0.471. The zero-order valence-corrected chi connectivity index (χ0v) is 14.6. The van der Waals surface area contributed by atoms with E-state index < -0.39 is 0 Å². The highest BCUT2D eigenvalue weighted by Gasteiger charge is 2.26. The number of para-hydroxylation sites is 1. The molecule has 0 aliphatic carbocycles. The Balaban J connectivity index is 1.56. The zero-order valence-electron chi connectivity index (χ0n) is 13.8. The summed E-state index contributed by atoms with van der Waals surface area (Å²) in [5.41, 5.74) is 0.613. The van der Waals surface area contributed by atoms with Crippen LogP contribution in [0.1, 0.15) is 37.6 Å². The molecule has 3 rings (SSSR count).